The lowest BCUT2D eigenvalue weighted by Crippen LogP contribution is -2.30. The lowest BCUT2D eigenvalue weighted by atomic mass is 9.64. The zero-order valence-electron chi connectivity index (χ0n) is 23.2. The molecule has 1 aliphatic carbocycles. The predicted octanol–water partition coefficient (Wildman–Crippen LogP) is 9.23. The molecule has 0 atom stereocenters. The third-order valence-corrected chi connectivity index (χ3v) is 7.95. The topological polar surface area (TPSA) is 12.0 Å². The zero-order valence-corrected chi connectivity index (χ0v) is 23.2. The quantitative estimate of drug-likeness (QED) is 0.419. The van der Waals surface area contributed by atoms with Gasteiger partial charge < -0.3 is 5.32 Å². The van der Waals surface area contributed by atoms with E-state index >= 15 is 0 Å². The summed E-state index contributed by atoms with van der Waals surface area (Å²) >= 11 is 0. The monoisotopic (exact) mass is 453 g/mol. The molecule has 0 spiro atoms. The van der Waals surface area contributed by atoms with Crippen LogP contribution in [0.3, 0.4) is 0 Å². The van der Waals surface area contributed by atoms with Crippen molar-refractivity contribution in [1.82, 2.24) is 0 Å². The maximum atomic E-state index is 3.76. The molecule has 1 nitrogen and oxygen atoms in total. The molecule has 1 N–H and O–H groups in total. The molecule has 2 bridgehead atoms. The minimum atomic E-state index is -0.198. The van der Waals surface area contributed by atoms with E-state index in [-0.39, 0.29) is 21.7 Å². The van der Waals surface area contributed by atoms with Crippen LogP contribution in [-0.2, 0) is 16.2 Å². The van der Waals surface area contributed by atoms with E-state index in [1.807, 2.05) is 0 Å². The molecule has 2 heterocycles. The van der Waals surface area contributed by atoms with E-state index in [9.17, 15) is 0 Å². The Kier molecular flexibility index (Phi) is 5.59. The molecule has 3 aliphatic rings. The van der Waals surface area contributed by atoms with Gasteiger partial charge in [0.2, 0.25) is 0 Å². The predicted molar refractivity (Wildman–Crippen MR) is 150 cm³/mol. The van der Waals surface area contributed by atoms with Crippen LogP contribution in [0.4, 0.5) is 5.69 Å². The number of allylic oxidation sites excluding steroid dienone is 5. The summed E-state index contributed by atoms with van der Waals surface area (Å²) in [5.41, 5.74) is 11.9. The number of hydrogen-bond acceptors (Lipinski definition) is 1. The average Bonchev–Trinajstić information content (AvgIpc) is 2.70. The summed E-state index contributed by atoms with van der Waals surface area (Å²) in [6.45, 7) is 25.6. The van der Waals surface area contributed by atoms with E-state index in [0.29, 0.717) is 0 Å². The summed E-state index contributed by atoms with van der Waals surface area (Å²) in [6, 6.07) is 14.1. The van der Waals surface area contributed by atoms with E-state index in [2.05, 4.69) is 136 Å². The normalized spacial score (nSPS) is 23.7. The van der Waals surface area contributed by atoms with E-state index in [4.69, 9.17) is 0 Å². The molecule has 0 aromatic heterocycles. The molecule has 0 amide bonds. The smallest absolute Gasteiger partial charge is 0.0421 e. The van der Waals surface area contributed by atoms with Gasteiger partial charge in [-0.2, -0.15) is 0 Å². The van der Waals surface area contributed by atoms with Crippen molar-refractivity contribution in [3.63, 3.8) is 0 Å². The van der Waals surface area contributed by atoms with Gasteiger partial charge in [-0.15, -0.1) is 0 Å². The van der Waals surface area contributed by atoms with Crippen LogP contribution >= 0.6 is 0 Å². The highest BCUT2D eigenvalue weighted by molar-refractivity contribution is 5.84. The number of fused-ring (bicyclic) bond motifs is 2. The Labute approximate surface area is 208 Å². The Morgan fingerprint density at radius 1 is 0.706 bits per heavy atom. The van der Waals surface area contributed by atoms with Crippen molar-refractivity contribution >= 4 is 11.3 Å². The summed E-state index contributed by atoms with van der Waals surface area (Å²) in [7, 11) is 0. The summed E-state index contributed by atoms with van der Waals surface area (Å²) in [6.07, 6.45) is 7.19. The van der Waals surface area contributed by atoms with Crippen molar-refractivity contribution in [2.45, 2.75) is 92.4 Å². The van der Waals surface area contributed by atoms with Crippen LogP contribution in [0, 0.1) is 12.3 Å². The SMILES string of the molecule is Cc1ccc2c(c1)C(C)(C)C1=C\Nc3ccc(C(C)(C)C)cc3C(C)(C)/C2=C/C(C(C)(C)C)=C\1. The first-order valence-electron chi connectivity index (χ1n) is 12.7. The van der Waals surface area contributed by atoms with Gasteiger partial charge in [0.05, 0.1) is 0 Å². The molecule has 0 fully saturated rings. The summed E-state index contributed by atoms with van der Waals surface area (Å²) in [5.74, 6) is 0. The Balaban J connectivity index is 2.17. The Bertz CT molecular complexity index is 1230. The second kappa shape index (κ2) is 7.74. The number of anilines is 1. The van der Waals surface area contributed by atoms with E-state index in [1.54, 1.807) is 0 Å². The van der Waals surface area contributed by atoms with Crippen LogP contribution in [0.1, 0.15) is 97.1 Å². The first-order chi connectivity index (χ1) is 15.5. The van der Waals surface area contributed by atoms with Gasteiger partial charge in [-0.1, -0.05) is 117 Å². The van der Waals surface area contributed by atoms with Crippen molar-refractivity contribution in [2.75, 3.05) is 5.32 Å². The van der Waals surface area contributed by atoms with Crippen molar-refractivity contribution in [2.24, 2.45) is 5.41 Å². The first kappa shape index (κ1) is 24.6. The molecular weight excluding hydrogens is 410 g/mol. The molecule has 0 saturated heterocycles. The van der Waals surface area contributed by atoms with Gasteiger partial charge in [0.15, 0.2) is 0 Å². The number of benzene rings is 2. The molecule has 180 valence electrons. The van der Waals surface area contributed by atoms with Crippen LogP contribution in [-0.4, -0.2) is 0 Å². The third kappa shape index (κ3) is 4.08. The van der Waals surface area contributed by atoms with Gasteiger partial charge in [-0.3, -0.25) is 0 Å². The zero-order chi connectivity index (χ0) is 25.3. The molecule has 34 heavy (non-hydrogen) atoms. The summed E-state index contributed by atoms with van der Waals surface area (Å²) in [4.78, 5) is 0. The first-order valence-corrected chi connectivity index (χ1v) is 12.7. The number of nitrogens with one attached hydrogen (secondary N) is 1. The largest absolute Gasteiger partial charge is 0.361 e. The fraction of sp³-hybridized carbons (Fsp3) is 0.455. The number of rotatable bonds is 0. The highest BCUT2D eigenvalue weighted by Crippen LogP contribution is 2.50. The number of hydrogen-bond donors (Lipinski definition) is 1. The van der Waals surface area contributed by atoms with E-state index in [1.165, 1.54) is 50.2 Å². The lowest BCUT2D eigenvalue weighted by molar-refractivity contribution is 0.512. The second-order valence-electron chi connectivity index (χ2n) is 13.5. The Hall–Kier alpha value is -2.54. The van der Waals surface area contributed by atoms with Gasteiger partial charge >= 0.3 is 0 Å². The molecule has 1 heteroatoms. The van der Waals surface area contributed by atoms with Crippen LogP contribution < -0.4 is 5.32 Å². The van der Waals surface area contributed by atoms with Gasteiger partial charge in [0.25, 0.3) is 0 Å². The van der Waals surface area contributed by atoms with Gasteiger partial charge in [-0.05, 0) is 62.8 Å². The molecular formula is C33H43N. The van der Waals surface area contributed by atoms with E-state index in [0.717, 1.165) is 0 Å². The van der Waals surface area contributed by atoms with Crippen molar-refractivity contribution in [3.8, 4) is 0 Å². The average molecular weight is 454 g/mol. The highest BCUT2D eigenvalue weighted by Gasteiger charge is 2.38. The molecule has 0 radical (unpaired) electrons. The van der Waals surface area contributed by atoms with Crippen LogP contribution in [0.2, 0.25) is 0 Å². The molecule has 0 saturated carbocycles. The van der Waals surface area contributed by atoms with Gasteiger partial charge in [0, 0.05) is 22.7 Å². The Morgan fingerprint density at radius 3 is 2.00 bits per heavy atom. The molecule has 0 unspecified atom stereocenters. The minimum Gasteiger partial charge on any atom is -0.361 e. The van der Waals surface area contributed by atoms with Crippen LogP contribution in [0.5, 0.6) is 0 Å². The van der Waals surface area contributed by atoms with Crippen molar-refractivity contribution < 1.29 is 0 Å². The lowest BCUT2D eigenvalue weighted by Gasteiger charge is -2.41. The summed E-state index contributed by atoms with van der Waals surface area (Å²) in [5, 5.41) is 3.76. The fourth-order valence-electron chi connectivity index (χ4n) is 5.31. The standard InChI is InChI=1S/C33H43N/c1-21-12-14-25-26(16-21)32(8,9)24-17-23(31(5,6)7)19-27(25)33(10,11)28-18-22(30(2,3)4)13-15-29(28)34-20-24/h12-20,34H,1-11H3/b23-17+,24-20-,27-19+. The van der Waals surface area contributed by atoms with Crippen molar-refractivity contribution in [1.29, 1.82) is 0 Å². The molecule has 2 aromatic rings. The number of aryl methyl sites for hydroxylation is 1. The molecule has 5 rings (SSSR count). The fourth-order valence-corrected chi connectivity index (χ4v) is 5.31. The van der Waals surface area contributed by atoms with E-state index < -0.39 is 0 Å². The van der Waals surface area contributed by atoms with Gasteiger partial charge in [-0.25, -0.2) is 0 Å². The van der Waals surface area contributed by atoms with Crippen LogP contribution in [0.15, 0.2) is 65.9 Å². The van der Waals surface area contributed by atoms with Gasteiger partial charge in [0.1, 0.15) is 0 Å². The minimum absolute atomic E-state index is 0.0357. The summed E-state index contributed by atoms with van der Waals surface area (Å²) < 4.78 is 0. The molecule has 2 aromatic carbocycles. The third-order valence-electron chi connectivity index (χ3n) is 7.95. The second-order valence-corrected chi connectivity index (χ2v) is 13.5. The van der Waals surface area contributed by atoms with Crippen LogP contribution in [0.25, 0.3) is 5.57 Å². The maximum absolute atomic E-state index is 3.76. The maximum Gasteiger partial charge on any atom is 0.0421 e. The molecule has 2 aliphatic heterocycles. The van der Waals surface area contributed by atoms with Crippen molar-refractivity contribution in [3.05, 3.63) is 93.7 Å². The Morgan fingerprint density at radius 2 is 1.38 bits per heavy atom. The highest BCUT2D eigenvalue weighted by atomic mass is 14.9.